The van der Waals surface area contributed by atoms with Crippen LogP contribution in [-0.2, 0) is 0 Å². The first-order valence-electron chi connectivity index (χ1n) is 8.28. The monoisotopic (exact) mass is 383 g/mol. The van der Waals surface area contributed by atoms with Gasteiger partial charge in [-0.15, -0.1) is 5.10 Å². The number of ether oxygens (including phenoxy) is 2. The number of ketones is 1. The highest BCUT2D eigenvalue weighted by Gasteiger charge is 2.14. The lowest BCUT2D eigenvalue weighted by Gasteiger charge is -2.13. The molecule has 0 saturated carbocycles. The van der Waals surface area contributed by atoms with E-state index in [9.17, 15) is 9.18 Å². The molecule has 2 aromatic carbocycles. The summed E-state index contributed by atoms with van der Waals surface area (Å²) in [7, 11) is 3.02. The number of halogens is 1. The highest BCUT2D eigenvalue weighted by atomic mass is 19.1. The summed E-state index contributed by atoms with van der Waals surface area (Å²) in [6.07, 6.45) is 3.23. The lowest BCUT2D eigenvalue weighted by molar-refractivity contribution is 0.101. The third-order valence-corrected chi connectivity index (χ3v) is 3.94. The van der Waals surface area contributed by atoms with E-state index in [4.69, 9.17) is 9.47 Å². The lowest BCUT2D eigenvalue weighted by Crippen LogP contribution is -2.03. The van der Waals surface area contributed by atoms with Crippen LogP contribution in [0.3, 0.4) is 0 Å². The molecule has 0 fully saturated rings. The Labute approximate surface area is 160 Å². The van der Waals surface area contributed by atoms with Crippen LogP contribution in [0.4, 0.5) is 10.1 Å². The number of methoxy groups -OCH3 is 2. The summed E-state index contributed by atoms with van der Waals surface area (Å²) in [4.78, 5) is 12.0. The Morgan fingerprint density at radius 1 is 1.14 bits per heavy atom. The van der Waals surface area contributed by atoms with Crippen LogP contribution in [0.15, 0.2) is 42.6 Å². The Morgan fingerprint density at radius 3 is 2.46 bits per heavy atom. The number of rotatable bonds is 7. The summed E-state index contributed by atoms with van der Waals surface area (Å²) in [6, 6.07) is 9.07. The van der Waals surface area contributed by atoms with Crippen LogP contribution in [0.5, 0.6) is 11.5 Å². The highest BCUT2D eigenvalue weighted by molar-refractivity contribution is 6.00. The van der Waals surface area contributed by atoms with Crippen LogP contribution in [0.1, 0.15) is 23.1 Å². The van der Waals surface area contributed by atoms with Gasteiger partial charge in [-0.25, -0.2) is 4.39 Å². The summed E-state index contributed by atoms with van der Waals surface area (Å²) in [5.41, 5.74) is 1.60. The smallest absolute Gasteiger partial charge is 0.181 e. The third kappa shape index (κ3) is 3.98. The molecule has 0 aliphatic heterocycles. The van der Waals surface area contributed by atoms with Gasteiger partial charge in [0.2, 0.25) is 0 Å². The topological polar surface area (TPSA) is 91.2 Å². The van der Waals surface area contributed by atoms with Gasteiger partial charge in [0.15, 0.2) is 23.1 Å². The quantitative estimate of drug-likeness (QED) is 0.627. The minimum atomic E-state index is -0.346. The second-order valence-electron chi connectivity index (χ2n) is 5.71. The molecular formula is C19H18FN5O3. The number of nitrogens with zero attached hydrogens (tertiary/aromatic N) is 4. The zero-order chi connectivity index (χ0) is 20.1. The lowest BCUT2D eigenvalue weighted by atomic mass is 10.1. The van der Waals surface area contributed by atoms with Gasteiger partial charge in [-0.05, 0) is 47.7 Å². The molecular weight excluding hydrogens is 365 g/mol. The molecule has 0 aliphatic rings. The molecule has 28 heavy (non-hydrogen) atoms. The fraction of sp³-hybridized carbons (Fsp3) is 0.158. The summed E-state index contributed by atoms with van der Waals surface area (Å²) in [6.45, 7) is 1.46. The van der Waals surface area contributed by atoms with Gasteiger partial charge in [0.05, 0.1) is 25.6 Å². The molecule has 1 N–H and O–H groups in total. The summed E-state index contributed by atoms with van der Waals surface area (Å²) < 4.78 is 25.1. The maximum absolute atomic E-state index is 13.1. The number of anilines is 1. The van der Waals surface area contributed by atoms with Crippen molar-refractivity contribution in [3.8, 4) is 17.2 Å². The fourth-order valence-electron chi connectivity index (χ4n) is 2.56. The minimum absolute atomic E-state index is 0.131. The predicted molar refractivity (Wildman–Crippen MR) is 101 cm³/mol. The van der Waals surface area contributed by atoms with E-state index in [1.54, 1.807) is 36.5 Å². The Hall–Kier alpha value is -3.75. The van der Waals surface area contributed by atoms with E-state index in [2.05, 4.69) is 20.8 Å². The summed E-state index contributed by atoms with van der Waals surface area (Å²) in [5, 5.41) is 14.5. The molecule has 8 nitrogen and oxygen atoms in total. The van der Waals surface area contributed by atoms with Crippen LogP contribution >= 0.6 is 0 Å². The van der Waals surface area contributed by atoms with Crippen LogP contribution in [0, 0.1) is 5.82 Å². The van der Waals surface area contributed by atoms with Gasteiger partial charge < -0.3 is 14.8 Å². The van der Waals surface area contributed by atoms with Gasteiger partial charge in [-0.3, -0.25) is 4.79 Å². The van der Waals surface area contributed by atoms with Crippen molar-refractivity contribution < 1.29 is 18.7 Å². The van der Waals surface area contributed by atoms with Crippen molar-refractivity contribution in [1.29, 1.82) is 0 Å². The van der Waals surface area contributed by atoms with E-state index in [1.807, 2.05) is 0 Å². The van der Waals surface area contributed by atoms with Crippen LogP contribution in [-0.4, -0.2) is 40.2 Å². The number of hydrogen-bond acceptors (Lipinski definition) is 7. The van der Waals surface area contributed by atoms with E-state index < -0.39 is 0 Å². The van der Waals surface area contributed by atoms with E-state index in [0.717, 1.165) is 0 Å². The number of hydrogen-bond donors (Lipinski definition) is 1. The molecule has 3 aromatic rings. The van der Waals surface area contributed by atoms with Gasteiger partial charge in [0.25, 0.3) is 0 Å². The SMILES string of the molecule is COc1cc(N/C=C\c2nnnn2-c2ccc(F)cc2)c(C(C)=O)cc1OC. The highest BCUT2D eigenvalue weighted by Crippen LogP contribution is 2.33. The van der Waals surface area contributed by atoms with Crippen LogP contribution in [0.2, 0.25) is 0 Å². The second kappa shape index (κ2) is 8.30. The minimum Gasteiger partial charge on any atom is -0.493 e. The number of aromatic nitrogens is 4. The molecule has 0 amide bonds. The summed E-state index contributed by atoms with van der Waals surface area (Å²) in [5.74, 6) is 0.889. The third-order valence-electron chi connectivity index (χ3n) is 3.94. The van der Waals surface area contributed by atoms with E-state index in [1.165, 1.54) is 38.0 Å². The van der Waals surface area contributed by atoms with Gasteiger partial charge in [-0.2, -0.15) is 4.68 Å². The van der Waals surface area contributed by atoms with Crippen molar-refractivity contribution in [3.63, 3.8) is 0 Å². The van der Waals surface area contributed by atoms with Gasteiger partial charge >= 0.3 is 0 Å². The maximum atomic E-state index is 13.1. The maximum Gasteiger partial charge on any atom is 0.181 e. The van der Waals surface area contributed by atoms with Gasteiger partial charge in [0.1, 0.15) is 5.82 Å². The number of Topliss-reactive ketones (excluding diaryl/α,β-unsaturated/α-hetero) is 1. The normalized spacial score (nSPS) is 10.9. The number of nitrogens with one attached hydrogen (secondary N) is 1. The van der Waals surface area contributed by atoms with Crippen molar-refractivity contribution in [2.75, 3.05) is 19.5 Å². The van der Waals surface area contributed by atoms with Crippen molar-refractivity contribution in [2.45, 2.75) is 6.92 Å². The molecule has 0 aliphatic carbocycles. The first-order chi connectivity index (χ1) is 13.5. The van der Waals surface area contributed by atoms with Crippen LogP contribution in [0.25, 0.3) is 11.8 Å². The van der Waals surface area contributed by atoms with E-state index in [-0.39, 0.29) is 11.6 Å². The molecule has 0 unspecified atom stereocenters. The molecule has 144 valence electrons. The zero-order valence-corrected chi connectivity index (χ0v) is 15.5. The molecule has 0 atom stereocenters. The number of benzene rings is 2. The number of carbonyl (C=O) groups is 1. The Balaban J connectivity index is 1.87. The van der Waals surface area contributed by atoms with Crippen molar-refractivity contribution in [3.05, 3.63) is 59.8 Å². The molecule has 3 rings (SSSR count). The summed E-state index contributed by atoms with van der Waals surface area (Å²) >= 11 is 0. The molecule has 0 bridgehead atoms. The van der Waals surface area contributed by atoms with E-state index in [0.29, 0.717) is 34.3 Å². The molecule has 0 radical (unpaired) electrons. The standard InChI is InChI=1S/C19H18FN5O3/c1-12(26)15-10-17(27-2)18(28-3)11-16(15)21-9-8-19-22-23-24-25(19)14-6-4-13(20)5-7-14/h4-11,21H,1-3H3/b9-8-. The first kappa shape index (κ1) is 19.0. The Kier molecular flexibility index (Phi) is 5.64. The van der Waals surface area contributed by atoms with E-state index >= 15 is 0 Å². The number of carbonyl (C=O) groups excluding carboxylic acids is 1. The molecule has 9 heteroatoms. The molecule has 0 spiro atoms. The first-order valence-corrected chi connectivity index (χ1v) is 8.28. The zero-order valence-electron chi connectivity index (χ0n) is 15.5. The average molecular weight is 383 g/mol. The van der Waals surface area contributed by atoms with Crippen molar-refractivity contribution in [2.24, 2.45) is 0 Å². The molecule has 0 saturated heterocycles. The molecule has 1 heterocycles. The van der Waals surface area contributed by atoms with Gasteiger partial charge in [-0.1, -0.05) is 0 Å². The average Bonchev–Trinajstić information content (AvgIpc) is 3.16. The molecule has 1 aromatic heterocycles. The van der Waals surface area contributed by atoms with Crippen molar-refractivity contribution >= 4 is 17.5 Å². The predicted octanol–water partition coefficient (Wildman–Crippen LogP) is 3.10. The Bertz CT molecular complexity index is 1010. The van der Waals surface area contributed by atoms with Gasteiger partial charge in [0, 0.05) is 23.9 Å². The Morgan fingerprint density at radius 2 is 1.82 bits per heavy atom. The van der Waals surface area contributed by atoms with Crippen LogP contribution < -0.4 is 14.8 Å². The number of tetrazole rings is 1. The fourth-order valence-corrected chi connectivity index (χ4v) is 2.56. The van der Waals surface area contributed by atoms with Crippen molar-refractivity contribution in [1.82, 2.24) is 20.2 Å². The largest absolute Gasteiger partial charge is 0.493 e. The second-order valence-corrected chi connectivity index (χ2v) is 5.71.